The fourth-order valence-corrected chi connectivity index (χ4v) is 3.13. The van der Waals surface area contributed by atoms with E-state index in [1.54, 1.807) is 12.1 Å². The Labute approximate surface area is 152 Å². The number of hydrogen-bond acceptors (Lipinski definition) is 4. The van der Waals surface area contributed by atoms with Gasteiger partial charge in [-0.3, -0.25) is 5.32 Å². The SMILES string of the molecule is CC/C=C/C=C/[C@H](COC(C)(C)C)NCS(=O)(=O)c1ccc(C)cc1. The minimum absolute atomic E-state index is 0.129. The van der Waals surface area contributed by atoms with E-state index in [9.17, 15) is 8.42 Å². The maximum Gasteiger partial charge on any atom is 0.191 e. The monoisotopic (exact) mass is 365 g/mol. The van der Waals surface area contributed by atoms with E-state index in [0.717, 1.165) is 12.0 Å². The maximum absolute atomic E-state index is 12.5. The average molecular weight is 366 g/mol. The number of sulfone groups is 1. The lowest BCUT2D eigenvalue weighted by molar-refractivity contribution is -0.00836. The van der Waals surface area contributed by atoms with Crippen molar-refractivity contribution in [2.45, 2.75) is 57.6 Å². The van der Waals surface area contributed by atoms with Crippen molar-refractivity contribution in [3.8, 4) is 0 Å². The fourth-order valence-electron chi connectivity index (χ4n) is 1.98. The molecular weight excluding hydrogens is 334 g/mol. The molecule has 1 atom stereocenters. The predicted molar refractivity (Wildman–Crippen MR) is 104 cm³/mol. The molecule has 5 heteroatoms. The Morgan fingerprint density at radius 3 is 2.36 bits per heavy atom. The Kier molecular flexibility index (Phi) is 8.56. The molecule has 1 rings (SSSR count). The molecule has 0 aliphatic rings. The molecule has 0 saturated heterocycles. The summed E-state index contributed by atoms with van der Waals surface area (Å²) in [6, 6.07) is 6.73. The molecule has 25 heavy (non-hydrogen) atoms. The van der Waals surface area contributed by atoms with Crippen LogP contribution in [0.1, 0.15) is 39.7 Å². The molecule has 0 radical (unpaired) electrons. The van der Waals surface area contributed by atoms with Crippen molar-refractivity contribution in [2.24, 2.45) is 0 Å². The van der Waals surface area contributed by atoms with Gasteiger partial charge in [0.05, 0.1) is 17.1 Å². The Hall–Kier alpha value is -1.43. The van der Waals surface area contributed by atoms with Crippen molar-refractivity contribution in [1.82, 2.24) is 5.32 Å². The van der Waals surface area contributed by atoms with Gasteiger partial charge in [-0.2, -0.15) is 0 Å². The highest BCUT2D eigenvalue weighted by Gasteiger charge is 2.18. The summed E-state index contributed by atoms with van der Waals surface area (Å²) in [4.78, 5) is 0.330. The second-order valence-electron chi connectivity index (χ2n) is 7.03. The van der Waals surface area contributed by atoms with Crippen molar-refractivity contribution in [1.29, 1.82) is 0 Å². The second-order valence-corrected chi connectivity index (χ2v) is 9.02. The Morgan fingerprint density at radius 1 is 1.16 bits per heavy atom. The predicted octanol–water partition coefficient (Wildman–Crippen LogP) is 4.02. The molecule has 1 N–H and O–H groups in total. The van der Waals surface area contributed by atoms with Crippen LogP contribution in [0.2, 0.25) is 0 Å². The number of nitrogens with one attached hydrogen (secondary N) is 1. The Bertz CT molecular complexity index is 668. The zero-order chi connectivity index (χ0) is 18.9. The fraction of sp³-hybridized carbons (Fsp3) is 0.500. The van der Waals surface area contributed by atoms with E-state index in [1.165, 1.54) is 0 Å². The van der Waals surface area contributed by atoms with E-state index in [0.29, 0.717) is 11.5 Å². The summed E-state index contributed by atoms with van der Waals surface area (Å²) >= 11 is 0. The van der Waals surface area contributed by atoms with Crippen LogP contribution >= 0.6 is 0 Å². The smallest absolute Gasteiger partial charge is 0.191 e. The summed E-state index contributed by atoms with van der Waals surface area (Å²) < 4.78 is 30.8. The number of allylic oxidation sites excluding steroid dienone is 3. The van der Waals surface area contributed by atoms with Gasteiger partial charge in [0.25, 0.3) is 0 Å². The van der Waals surface area contributed by atoms with Crippen molar-refractivity contribution in [3.63, 3.8) is 0 Å². The second kappa shape index (κ2) is 9.90. The van der Waals surface area contributed by atoms with Crippen LogP contribution < -0.4 is 5.32 Å². The summed E-state index contributed by atoms with van der Waals surface area (Å²) in [6.45, 7) is 10.3. The quantitative estimate of drug-likeness (QED) is 0.672. The first-order chi connectivity index (χ1) is 11.6. The third-order valence-electron chi connectivity index (χ3n) is 3.44. The van der Waals surface area contributed by atoms with E-state index >= 15 is 0 Å². The number of rotatable bonds is 9. The molecule has 0 heterocycles. The standard InChI is InChI=1S/C20H31NO3S/c1-6-7-8-9-10-18(15-24-20(3,4)5)21-16-25(22,23)19-13-11-17(2)12-14-19/h7-14,18,21H,6,15-16H2,1-5H3/b8-7+,10-9+/t18-/m1/s1. The lowest BCUT2D eigenvalue weighted by atomic mass is 10.2. The first-order valence-corrected chi connectivity index (χ1v) is 10.3. The van der Waals surface area contributed by atoms with Crippen LogP contribution in [-0.2, 0) is 14.6 Å². The van der Waals surface area contributed by atoms with Gasteiger partial charge in [-0.05, 0) is 46.2 Å². The minimum atomic E-state index is -3.38. The molecule has 140 valence electrons. The first-order valence-electron chi connectivity index (χ1n) is 8.64. The third kappa shape index (κ3) is 9.00. The molecule has 4 nitrogen and oxygen atoms in total. The van der Waals surface area contributed by atoms with Crippen LogP contribution in [0.5, 0.6) is 0 Å². The van der Waals surface area contributed by atoms with Gasteiger partial charge in [-0.25, -0.2) is 8.42 Å². The number of ether oxygens (including phenoxy) is 1. The topological polar surface area (TPSA) is 55.4 Å². The lowest BCUT2D eigenvalue weighted by Crippen LogP contribution is -2.38. The zero-order valence-electron chi connectivity index (χ0n) is 16.0. The van der Waals surface area contributed by atoms with Crippen molar-refractivity contribution in [3.05, 3.63) is 54.1 Å². The normalized spacial score (nSPS) is 14.4. The molecule has 0 saturated carbocycles. The van der Waals surface area contributed by atoms with Gasteiger partial charge < -0.3 is 4.74 Å². The molecule has 1 aromatic rings. The molecular formula is C20H31NO3S. The van der Waals surface area contributed by atoms with Crippen LogP contribution in [-0.4, -0.2) is 32.5 Å². The first kappa shape index (κ1) is 21.6. The van der Waals surface area contributed by atoms with Gasteiger partial charge in [0.15, 0.2) is 9.84 Å². The van der Waals surface area contributed by atoms with E-state index in [2.05, 4.69) is 12.2 Å². The van der Waals surface area contributed by atoms with Crippen LogP contribution in [0, 0.1) is 6.92 Å². The van der Waals surface area contributed by atoms with E-state index < -0.39 is 9.84 Å². The van der Waals surface area contributed by atoms with E-state index in [1.807, 2.05) is 64.1 Å². The van der Waals surface area contributed by atoms with Crippen LogP contribution in [0.25, 0.3) is 0 Å². The van der Waals surface area contributed by atoms with Gasteiger partial charge in [-0.15, -0.1) is 0 Å². The maximum atomic E-state index is 12.5. The van der Waals surface area contributed by atoms with Gasteiger partial charge in [0.1, 0.15) is 5.88 Å². The minimum Gasteiger partial charge on any atom is -0.374 e. The largest absolute Gasteiger partial charge is 0.374 e. The molecule has 0 aliphatic carbocycles. The lowest BCUT2D eigenvalue weighted by Gasteiger charge is -2.23. The van der Waals surface area contributed by atoms with Crippen molar-refractivity contribution < 1.29 is 13.2 Å². The summed E-state index contributed by atoms with van der Waals surface area (Å²) in [5.74, 6) is -0.129. The number of benzene rings is 1. The van der Waals surface area contributed by atoms with Gasteiger partial charge >= 0.3 is 0 Å². The van der Waals surface area contributed by atoms with Crippen LogP contribution in [0.15, 0.2) is 53.5 Å². The number of hydrogen-bond donors (Lipinski definition) is 1. The highest BCUT2D eigenvalue weighted by Crippen LogP contribution is 2.12. The molecule has 1 aromatic carbocycles. The highest BCUT2D eigenvalue weighted by molar-refractivity contribution is 7.91. The van der Waals surface area contributed by atoms with E-state index in [4.69, 9.17) is 4.74 Å². The molecule has 0 amide bonds. The molecule has 0 bridgehead atoms. The highest BCUT2D eigenvalue weighted by atomic mass is 32.2. The molecule has 0 aromatic heterocycles. The van der Waals surface area contributed by atoms with Gasteiger partial charge in [-0.1, -0.05) is 48.9 Å². The Morgan fingerprint density at radius 2 is 1.80 bits per heavy atom. The van der Waals surface area contributed by atoms with Gasteiger partial charge in [0, 0.05) is 6.04 Å². The summed E-state index contributed by atoms with van der Waals surface area (Å²) in [7, 11) is -3.38. The molecule has 0 spiro atoms. The molecule has 0 aliphatic heterocycles. The number of aryl methyl sites for hydroxylation is 1. The third-order valence-corrected chi connectivity index (χ3v) is 4.97. The molecule has 0 unspecified atom stereocenters. The summed E-state index contributed by atoms with van der Waals surface area (Å²) in [5.41, 5.74) is 0.761. The van der Waals surface area contributed by atoms with Crippen LogP contribution in [0.4, 0.5) is 0 Å². The van der Waals surface area contributed by atoms with Crippen LogP contribution in [0.3, 0.4) is 0 Å². The van der Waals surface area contributed by atoms with Crippen molar-refractivity contribution >= 4 is 9.84 Å². The summed E-state index contributed by atoms with van der Waals surface area (Å²) in [6.07, 6.45) is 8.82. The average Bonchev–Trinajstić information content (AvgIpc) is 2.53. The van der Waals surface area contributed by atoms with Gasteiger partial charge in [0.2, 0.25) is 0 Å². The Balaban J connectivity index is 2.76. The van der Waals surface area contributed by atoms with Crippen molar-refractivity contribution in [2.75, 3.05) is 12.5 Å². The summed E-state index contributed by atoms with van der Waals surface area (Å²) in [5, 5.41) is 3.09. The zero-order valence-corrected chi connectivity index (χ0v) is 16.8. The molecule has 0 fully saturated rings. The van der Waals surface area contributed by atoms with E-state index in [-0.39, 0.29) is 17.5 Å².